The number of hydrogen-bond acceptors (Lipinski definition) is 0. The largest absolute Gasteiger partial charge is 0.103 e. The zero-order valence-corrected chi connectivity index (χ0v) is 18.1. The highest BCUT2D eigenvalue weighted by Gasteiger charge is 2.09. The third-order valence-corrected chi connectivity index (χ3v) is 4.18. The molecule has 0 heterocycles. The SMILES string of the molecule is C=CCC(C=CCC)=C(C)C(C=C(C)C)=C(C=CCCC)CCC(=C)C. The average Bonchev–Trinajstić information content (AvgIpc) is 2.59. The molecule has 0 unspecified atom stereocenters. The molecule has 0 atom stereocenters. The van der Waals surface area contributed by atoms with Crippen LogP contribution < -0.4 is 0 Å². The molecule has 0 saturated carbocycles. The molecular formula is C26H40. The van der Waals surface area contributed by atoms with Crippen molar-refractivity contribution in [3.63, 3.8) is 0 Å². The van der Waals surface area contributed by atoms with Crippen LogP contribution in [0.15, 0.2) is 83.1 Å². The van der Waals surface area contributed by atoms with Gasteiger partial charge < -0.3 is 0 Å². The van der Waals surface area contributed by atoms with Crippen LogP contribution in [0.1, 0.15) is 80.1 Å². The van der Waals surface area contributed by atoms with E-state index in [2.05, 4.69) is 85.1 Å². The lowest BCUT2D eigenvalue weighted by molar-refractivity contribution is 0.926. The summed E-state index contributed by atoms with van der Waals surface area (Å²) in [6.45, 7) is 21.2. The van der Waals surface area contributed by atoms with Gasteiger partial charge in [0.2, 0.25) is 0 Å². The highest BCUT2D eigenvalue weighted by molar-refractivity contribution is 5.51. The lowest BCUT2D eigenvalue weighted by Crippen LogP contribution is -1.96. The zero-order valence-electron chi connectivity index (χ0n) is 18.1. The molecular weight excluding hydrogens is 312 g/mol. The van der Waals surface area contributed by atoms with Gasteiger partial charge in [-0.2, -0.15) is 0 Å². The first-order valence-corrected chi connectivity index (χ1v) is 10.0. The van der Waals surface area contributed by atoms with Gasteiger partial charge in [0.05, 0.1) is 0 Å². The van der Waals surface area contributed by atoms with Gasteiger partial charge in [-0.15, -0.1) is 13.2 Å². The van der Waals surface area contributed by atoms with Crippen molar-refractivity contribution in [2.75, 3.05) is 0 Å². The van der Waals surface area contributed by atoms with Crippen molar-refractivity contribution in [1.82, 2.24) is 0 Å². The minimum absolute atomic E-state index is 0.898. The molecule has 0 aromatic carbocycles. The van der Waals surface area contributed by atoms with Crippen LogP contribution in [0.3, 0.4) is 0 Å². The van der Waals surface area contributed by atoms with E-state index in [1.54, 1.807) is 0 Å². The third kappa shape index (κ3) is 10.2. The summed E-state index contributed by atoms with van der Waals surface area (Å²) in [5, 5.41) is 0. The summed E-state index contributed by atoms with van der Waals surface area (Å²) in [6, 6.07) is 0. The van der Waals surface area contributed by atoms with E-state index in [0.717, 1.165) is 32.1 Å². The van der Waals surface area contributed by atoms with Crippen LogP contribution in [-0.4, -0.2) is 0 Å². The van der Waals surface area contributed by atoms with E-state index in [1.165, 1.54) is 39.9 Å². The van der Waals surface area contributed by atoms with Gasteiger partial charge in [0.25, 0.3) is 0 Å². The molecule has 0 fully saturated rings. The molecule has 144 valence electrons. The van der Waals surface area contributed by atoms with Crippen molar-refractivity contribution < 1.29 is 0 Å². The molecule has 0 spiro atoms. The molecule has 0 aromatic heterocycles. The lowest BCUT2D eigenvalue weighted by atomic mass is 9.90. The van der Waals surface area contributed by atoms with Gasteiger partial charge in [-0.1, -0.05) is 67.9 Å². The van der Waals surface area contributed by atoms with Gasteiger partial charge >= 0.3 is 0 Å². The van der Waals surface area contributed by atoms with E-state index in [-0.39, 0.29) is 0 Å². The summed E-state index contributed by atoms with van der Waals surface area (Å²) in [6.07, 6.45) is 19.8. The fourth-order valence-corrected chi connectivity index (χ4v) is 2.71. The molecule has 0 nitrogen and oxygen atoms in total. The first-order chi connectivity index (χ1) is 12.4. The van der Waals surface area contributed by atoms with Crippen molar-refractivity contribution in [2.45, 2.75) is 80.1 Å². The van der Waals surface area contributed by atoms with Crippen molar-refractivity contribution in [1.29, 1.82) is 0 Å². The normalized spacial score (nSPS) is 13.6. The molecule has 0 N–H and O–H groups in total. The monoisotopic (exact) mass is 352 g/mol. The maximum Gasteiger partial charge on any atom is -0.00974 e. The fourth-order valence-electron chi connectivity index (χ4n) is 2.71. The minimum Gasteiger partial charge on any atom is -0.103 e. The van der Waals surface area contributed by atoms with Crippen LogP contribution in [0, 0.1) is 0 Å². The van der Waals surface area contributed by atoms with E-state index >= 15 is 0 Å². The van der Waals surface area contributed by atoms with E-state index in [9.17, 15) is 0 Å². The molecule has 0 heteroatoms. The van der Waals surface area contributed by atoms with Gasteiger partial charge in [0.15, 0.2) is 0 Å². The number of rotatable bonds is 12. The highest BCUT2D eigenvalue weighted by atomic mass is 14.1. The van der Waals surface area contributed by atoms with Crippen molar-refractivity contribution >= 4 is 0 Å². The summed E-state index contributed by atoms with van der Waals surface area (Å²) < 4.78 is 0. The quantitative estimate of drug-likeness (QED) is 0.243. The van der Waals surface area contributed by atoms with E-state index in [0.29, 0.717) is 0 Å². The molecule has 0 bridgehead atoms. The molecule has 0 aliphatic rings. The second-order valence-electron chi connectivity index (χ2n) is 7.26. The maximum atomic E-state index is 4.10. The summed E-state index contributed by atoms with van der Waals surface area (Å²) in [4.78, 5) is 0. The number of hydrogen-bond donors (Lipinski definition) is 0. The Bertz CT molecular complexity index is 596. The summed E-state index contributed by atoms with van der Waals surface area (Å²) in [7, 11) is 0. The Hall–Kier alpha value is -1.82. The van der Waals surface area contributed by atoms with Crippen LogP contribution in [0.4, 0.5) is 0 Å². The minimum atomic E-state index is 0.898. The Balaban J connectivity index is 6.39. The molecule has 0 radical (unpaired) electrons. The van der Waals surface area contributed by atoms with Crippen LogP contribution in [0.2, 0.25) is 0 Å². The van der Waals surface area contributed by atoms with Gasteiger partial charge in [0.1, 0.15) is 0 Å². The first kappa shape index (κ1) is 24.2. The topological polar surface area (TPSA) is 0 Å². The Labute approximate surface area is 163 Å². The zero-order chi connectivity index (χ0) is 19.9. The van der Waals surface area contributed by atoms with E-state index in [4.69, 9.17) is 0 Å². The molecule has 26 heavy (non-hydrogen) atoms. The summed E-state index contributed by atoms with van der Waals surface area (Å²) in [5.74, 6) is 0. The van der Waals surface area contributed by atoms with Gasteiger partial charge in [0, 0.05) is 0 Å². The number of allylic oxidation sites excluding steroid dienone is 12. The van der Waals surface area contributed by atoms with Gasteiger partial charge in [-0.3, -0.25) is 0 Å². The summed E-state index contributed by atoms with van der Waals surface area (Å²) >= 11 is 0. The Morgan fingerprint density at radius 2 is 1.54 bits per heavy atom. The molecule has 0 saturated heterocycles. The van der Waals surface area contributed by atoms with Crippen LogP contribution in [0.25, 0.3) is 0 Å². The smallest absolute Gasteiger partial charge is 0.00974 e. The number of unbranched alkanes of at least 4 members (excludes halogenated alkanes) is 1. The molecule has 0 amide bonds. The lowest BCUT2D eigenvalue weighted by Gasteiger charge is -2.15. The fraction of sp³-hybridized carbons (Fsp3) is 0.462. The van der Waals surface area contributed by atoms with E-state index < -0.39 is 0 Å². The third-order valence-electron chi connectivity index (χ3n) is 4.18. The second kappa shape index (κ2) is 14.4. The first-order valence-electron chi connectivity index (χ1n) is 10.0. The molecule has 0 rings (SSSR count). The van der Waals surface area contributed by atoms with E-state index in [1.807, 2.05) is 6.08 Å². The van der Waals surface area contributed by atoms with Gasteiger partial charge in [-0.05, 0) is 82.1 Å². The van der Waals surface area contributed by atoms with Crippen molar-refractivity contribution in [3.8, 4) is 0 Å². The maximum absolute atomic E-state index is 4.10. The molecule has 0 aliphatic carbocycles. The van der Waals surface area contributed by atoms with Crippen LogP contribution in [-0.2, 0) is 0 Å². The predicted octanol–water partition coefficient (Wildman–Crippen LogP) is 8.82. The molecule has 0 aliphatic heterocycles. The van der Waals surface area contributed by atoms with Crippen LogP contribution >= 0.6 is 0 Å². The Morgan fingerprint density at radius 1 is 0.885 bits per heavy atom. The van der Waals surface area contributed by atoms with Crippen molar-refractivity contribution in [2.24, 2.45) is 0 Å². The molecule has 0 aromatic rings. The van der Waals surface area contributed by atoms with Crippen LogP contribution in [0.5, 0.6) is 0 Å². The Morgan fingerprint density at radius 3 is 2.04 bits per heavy atom. The second-order valence-corrected chi connectivity index (χ2v) is 7.26. The Kier molecular flexibility index (Phi) is 13.4. The standard InChI is InChI=1S/C26H40/c1-9-12-14-17-25(19-18-21(4)5)26(20-22(6)7)23(8)24(15-11-3)16-13-10-2/h11,13-14,16-17,20H,3-4,9-10,12,15,18-19H2,1-2,5-8H3. The average molecular weight is 353 g/mol. The predicted molar refractivity (Wildman–Crippen MR) is 121 cm³/mol. The van der Waals surface area contributed by atoms with Crippen molar-refractivity contribution in [3.05, 3.63) is 83.1 Å². The highest BCUT2D eigenvalue weighted by Crippen LogP contribution is 2.28. The summed E-state index contributed by atoms with van der Waals surface area (Å²) in [5.41, 5.74) is 8.04. The van der Waals surface area contributed by atoms with Gasteiger partial charge in [-0.25, -0.2) is 0 Å².